The molecule has 0 aliphatic heterocycles. The zero-order valence-electron chi connectivity index (χ0n) is 10.6. The molecule has 0 atom stereocenters. The quantitative estimate of drug-likeness (QED) is 0.787. The van der Waals surface area contributed by atoms with E-state index in [1.54, 1.807) is 0 Å². The van der Waals surface area contributed by atoms with Gasteiger partial charge >= 0.3 is 0 Å². The lowest BCUT2D eigenvalue weighted by atomic mass is 10.1. The van der Waals surface area contributed by atoms with Crippen molar-refractivity contribution in [1.29, 1.82) is 0 Å². The molecule has 0 N–H and O–H groups in total. The zero-order valence-corrected chi connectivity index (χ0v) is 11.6. The molecule has 0 saturated heterocycles. The highest BCUT2D eigenvalue weighted by Crippen LogP contribution is 2.20. The molecule has 0 spiro atoms. The summed E-state index contributed by atoms with van der Waals surface area (Å²) in [6, 6.07) is 4.23. The molecule has 91 valence electrons. The third kappa shape index (κ3) is 2.90. The molecule has 2 rings (SSSR count). The fourth-order valence-electron chi connectivity index (χ4n) is 1.74. The van der Waals surface area contributed by atoms with Gasteiger partial charge in [0.2, 0.25) is 0 Å². The maximum atomic E-state index is 5.31. The van der Waals surface area contributed by atoms with E-state index in [0.29, 0.717) is 6.61 Å². The Morgan fingerprint density at radius 3 is 2.61 bits per heavy atom. The second kappa shape index (κ2) is 5.69. The molecular formula is C14H15N2OSi. The van der Waals surface area contributed by atoms with Crippen LogP contribution in [0.5, 0.6) is 0 Å². The van der Waals surface area contributed by atoms with Gasteiger partial charge in [0.25, 0.3) is 9.38 Å². The van der Waals surface area contributed by atoms with E-state index in [1.807, 2.05) is 32.4 Å². The lowest BCUT2D eigenvalue weighted by Gasteiger charge is -2.08. The Labute approximate surface area is 109 Å². The molecule has 0 amide bonds. The minimum Gasteiger partial charge on any atom is -0.542 e. The van der Waals surface area contributed by atoms with Crippen LogP contribution in [0.2, 0.25) is 0 Å². The van der Waals surface area contributed by atoms with Crippen molar-refractivity contribution < 1.29 is 4.43 Å². The molecule has 0 unspecified atom stereocenters. The molecule has 18 heavy (non-hydrogen) atoms. The van der Waals surface area contributed by atoms with Crippen molar-refractivity contribution in [2.75, 3.05) is 0 Å². The number of pyridine rings is 2. The third-order valence-corrected chi connectivity index (χ3v) is 3.05. The molecule has 2 aromatic heterocycles. The van der Waals surface area contributed by atoms with E-state index in [-0.39, 0.29) is 9.38 Å². The molecule has 0 fully saturated rings. The van der Waals surface area contributed by atoms with Gasteiger partial charge in [-0.3, -0.25) is 9.97 Å². The topological polar surface area (TPSA) is 35.0 Å². The molecule has 0 saturated carbocycles. The summed E-state index contributed by atoms with van der Waals surface area (Å²) < 4.78 is 5.31. The normalized spacial score (nSPS) is 10.1. The maximum absolute atomic E-state index is 5.31. The minimum atomic E-state index is 0.248. The van der Waals surface area contributed by atoms with Crippen molar-refractivity contribution in [2.45, 2.75) is 20.5 Å². The molecule has 0 bridgehead atoms. The first-order chi connectivity index (χ1) is 8.70. The van der Waals surface area contributed by atoms with Gasteiger partial charge in [0.1, 0.15) is 6.61 Å². The first-order valence-corrected chi connectivity index (χ1v) is 6.83. The summed E-state index contributed by atoms with van der Waals surface area (Å²) in [4.78, 5) is 8.65. The Balaban J connectivity index is 2.31. The predicted octanol–water partition coefficient (Wildman–Crippen LogP) is 2.33. The van der Waals surface area contributed by atoms with Crippen LogP contribution in [0, 0.1) is 13.8 Å². The number of aromatic nitrogens is 2. The fraction of sp³-hybridized carbons (Fsp3) is 0.214. The zero-order chi connectivity index (χ0) is 13.0. The average molecular weight is 255 g/mol. The van der Waals surface area contributed by atoms with E-state index in [4.69, 9.17) is 4.43 Å². The highest BCUT2D eigenvalue weighted by Gasteiger charge is 2.04. The van der Waals surface area contributed by atoms with Crippen LogP contribution in [-0.2, 0) is 11.0 Å². The second-order valence-corrected chi connectivity index (χ2v) is 4.75. The van der Waals surface area contributed by atoms with E-state index in [2.05, 4.69) is 28.3 Å². The van der Waals surface area contributed by atoms with Gasteiger partial charge in [-0.2, -0.15) is 0 Å². The molecule has 2 heterocycles. The van der Waals surface area contributed by atoms with Gasteiger partial charge in [-0.15, -0.1) is 0 Å². The van der Waals surface area contributed by atoms with E-state index in [9.17, 15) is 0 Å². The van der Waals surface area contributed by atoms with Crippen molar-refractivity contribution in [3.63, 3.8) is 0 Å². The summed E-state index contributed by atoms with van der Waals surface area (Å²) in [7, 11) is 0.248. The van der Waals surface area contributed by atoms with Crippen molar-refractivity contribution in [3.8, 4) is 11.1 Å². The Kier molecular flexibility index (Phi) is 3.99. The molecule has 1 radical (unpaired) electrons. The minimum absolute atomic E-state index is 0.248. The lowest BCUT2D eigenvalue weighted by Crippen LogP contribution is -1.98. The average Bonchev–Trinajstić information content (AvgIpc) is 2.37. The summed E-state index contributed by atoms with van der Waals surface area (Å²) in [5.41, 5.74) is 5.43. The summed E-state index contributed by atoms with van der Waals surface area (Å²) in [6.07, 6.45) is 9.25. The summed E-state index contributed by atoms with van der Waals surface area (Å²) in [6.45, 7) is 4.61. The van der Waals surface area contributed by atoms with E-state index in [0.717, 1.165) is 27.9 Å². The van der Waals surface area contributed by atoms with Crippen LogP contribution < -0.4 is 0 Å². The standard InChI is InChI=1S/C14H15N2OSi/c1-10-4-12(7-15-6-10)13-5-11(2)14(16-8-13)9-17-18-3/h4-8H,3,9H2,1-2H3. The van der Waals surface area contributed by atoms with Crippen molar-refractivity contribution >= 4 is 15.6 Å². The summed E-state index contributed by atoms with van der Waals surface area (Å²) in [5, 5.41) is 0. The third-order valence-electron chi connectivity index (χ3n) is 2.71. The van der Waals surface area contributed by atoms with E-state index < -0.39 is 0 Å². The second-order valence-electron chi connectivity index (χ2n) is 4.17. The Morgan fingerprint density at radius 1 is 1.17 bits per heavy atom. The van der Waals surface area contributed by atoms with Crippen LogP contribution in [0.15, 0.2) is 30.7 Å². The molecular weight excluding hydrogens is 240 g/mol. The largest absolute Gasteiger partial charge is 0.542 e. The van der Waals surface area contributed by atoms with Gasteiger partial charge in [-0.05, 0) is 37.1 Å². The number of hydrogen-bond acceptors (Lipinski definition) is 3. The molecule has 4 heteroatoms. The summed E-state index contributed by atoms with van der Waals surface area (Å²) >= 11 is 0. The molecule has 2 aromatic rings. The number of rotatable bonds is 4. The van der Waals surface area contributed by atoms with Crippen molar-refractivity contribution in [3.05, 3.63) is 47.5 Å². The van der Waals surface area contributed by atoms with Crippen molar-refractivity contribution in [2.24, 2.45) is 0 Å². The van der Waals surface area contributed by atoms with Crippen LogP contribution in [0.3, 0.4) is 0 Å². The smallest absolute Gasteiger partial charge is 0.273 e. The van der Waals surface area contributed by atoms with Gasteiger partial charge in [-0.1, -0.05) is 6.17 Å². The highest BCUT2D eigenvalue weighted by atomic mass is 28.2. The van der Waals surface area contributed by atoms with E-state index in [1.165, 1.54) is 0 Å². The van der Waals surface area contributed by atoms with Crippen LogP contribution in [-0.4, -0.2) is 25.5 Å². The van der Waals surface area contributed by atoms with Gasteiger partial charge in [0.15, 0.2) is 0 Å². The molecule has 0 aliphatic carbocycles. The molecule has 3 nitrogen and oxygen atoms in total. The van der Waals surface area contributed by atoms with Gasteiger partial charge in [-0.25, -0.2) is 0 Å². The molecule has 0 aliphatic rings. The lowest BCUT2D eigenvalue weighted by molar-refractivity contribution is 0.329. The van der Waals surface area contributed by atoms with Crippen LogP contribution >= 0.6 is 0 Å². The van der Waals surface area contributed by atoms with Crippen LogP contribution in [0.25, 0.3) is 11.1 Å². The number of hydrogen-bond donors (Lipinski definition) is 0. The highest BCUT2D eigenvalue weighted by molar-refractivity contribution is 6.33. The number of nitrogens with zero attached hydrogens (tertiary/aromatic N) is 2. The first-order valence-electron chi connectivity index (χ1n) is 5.72. The molecule has 0 aromatic carbocycles. The van der Waals surface area contributed by atoms with Crippen LogP contribution in [0.4, 0.5) is 0 Å². The SMILES string of the molecule is C=[Si]OCc1ncc(-c2cncc(C)c2)cc1C. The van der Waals surface area contributed by atoms with Gasteiger partial charge in [0.05, 0.1) is 5.69 Å². The van der Waals surface area contributed by atoms with Gasteiger partial charge < -0.3 is 4.43 Å². The maximum Gasteiger partial charge on any atom is 0.273 e. The van der Waals surface area contributed by atoms with E-state index >= 15 is 0 Å². The van der Waals surface area contributed by atoms with Crippen molar-refractivity contribution in [1.82, 2.24) is 9.97 Å². The Morgan fingerprint density at radius 2 is 1.94 bits per heavy atom. The predicted molar refractivity (Wildman–Crippen MR) is 74.6 cm³/mol. The van der Waals surface area contributed by atoms with Gasteiger partial charge in [0, 0.05) is 29.7 Å². The summed E-state index contributed by atoms with van der Waals surface area (Å²) in [5.74, 6) is 0. The Bertz CT molecular complexity index is 569. The number of aryl methyl sites for hydroxylation is 2. The Hall–Kier alpha value is -1.81. The first kappa shape index (κ1) is 12.6. The fourth-order valence-corrected chi connectivity index (χ4v) is 1.98. The van der Waals surface area contributed by atoms with Crippen LogP contribution in [0.1, 0.15) is 16.8 Å². The monoisotopic (exact) mass is 255 g/mol.